The van der Waals surface area contributed by atoms with Gasteiger partial charge in [-0.1, -0.05) is 163 Å². The Hall–Kier alpha value is -3.01. The zero-order valence-corrected chi connectivity index (χ0v) is 32.9. The Kier molecular flexibility index (Phi) is 10.4. The molecule has 1 aliphatic rings. The van der Waals surface area contributed by atoms with Gasteiger partial charge in [-0.15, -0.1) is 0 Å². The Balaban J connectivity index is 1.65. The lowest BCUT2D eigenvalue weighted by atomic mass is 10.0. The maximum Gasteiger partial charge on any atom is 0.261 e. The van der Waals surface area contributed by atoms with Gasteiger partial charge < -0.3 is 13.3 Å². The van der Waals surface area contributed by atoms with Gasteiger partial charge in [0.25, 0.3) is 16.6 Å². The monoisotopic (exact) mass is 678 g/mol. The summed E-state index contributed by atoms with van der Waals surface area (Å²) in [5.41, 5.74) is 0. The normalized spacial score (nSPS) is 18.0. The highest BCUT2D eigenvalue weighted by atomic mass is 28.4. The summed E-state index contributed by atoms with van der Waals surface area (Å²) >= 11 is 0. The molecule has 0 fully saturated rings. The fourth-order valence-electron chi connectivity index (χ4n) is 7.41. The van der Waals surface area contributed by atoms with E-state index in [9.17, 15) is 0 Å². The van der Waals surface area contributed by atoms with E-state index in [1.54, 1.807) is 0 Å². The predicted octanol–water partition coefficient (Wildman–Crippen LogP) is 8.41. The molecule has 0 N–H and O–H groups in total. The van der Waals surface area contributed by atoms with Crippen molar-refractivity contribution in [2.75, 3.05) is 0 Å². The van der Waals surface area contributed by atoms with Crippen LogP contribution in [0, 0.1) is 0 Å². The minimum Gasteiger partial charge on any atom is -0.547 e. The average Bonchev–Trinajstić information content (AvgIpc) is 3.02. The summed E-state index contributed by atoms with van der Waals surface area (Å²) in [6, 6.07) is 43.8. The van der Waals surface area contributed by atoms with Crippen molar-refractivity contribution in [1.29, 1.82) is 0 Å². The summed E-state index contributed by atoms with van der Waals surface area (Å²) < 4.78 is 22.3. The Labute approximate surface area is 287 Å². The van der Waals surface area contributed by atoms with Crippen molar-refractivity contribution in [1.82, 2.24) is 0 Å². The van der Waals surface area contributed by atoms with Crippen LogP contribution in [0.5, 0.6) is 0 Å². The molecule has 0 spiro atoms. The minimum absolute atomic E-state index is 0.0686. The van der Waals surface area contributed by atoms with Gasteiger partial charge in [-0.25, -0.2) is 0 Å². The standard InChI is InChI=1S/C41H54O3Si3/c1-40(2,3)46(36-22-14-10-15-23-36,37-24-16-11-17-25-37)43-34-30-33(42-45(7,8)9)31-35(32-34)44-47(41(4,5)6,38-26-18-12-19-27-38)39-28-20-13-21-29-39/h10-30,34-35H,31-32H2,1-9H3/t34-,35+/m0/s1. The predicted molar refractivity (Wildman–Crippen MR) is 207 cm³/mol. The van der Waals surface area contributed by atoms with Gasteiger partial charge in [-0.05, 0) is 56.5 Å². The maximum absolute atomic E-state index is 7.77. The number of benzene rings is 4. The highest BCUT2D eigenvalue weighted by Crippen LogP contribution is 2.42. The average molecular weight is 679 g/mol. The Morgan fingerprint density at radius 2 is 0.851 bits per heavy atom. The van der Waals surface area contributed by atoms with Crippen LogP contribution in [0.25, 0.3) is 0 Å². The molecule has 5 rings (SSSR count). The summed E-state index contributed by atoms with van der Waals surface area (Å²) in [4.78, 5) is 0. The number of hydrogen-bond acceptors (Lipinski definition) is 3. The van der Waals surface area contributed by atoms with E-state index in [1.165, 1.54) is 20.7 Å². The van der Waals surface area contributed by atoms with Crippen molar-refractivity contribution in [2.45, 2.75) is 96.3 Å². The van der Waals surface area contributed by atoms with Crippen LogP contribution >= 0.6 is 0 Å². The summed E-state index contributed by atoms with van der Waals surface area (Å²) in [5, 5.41) is 4.92. The molecule has 1 aliphatic carbocycles. The summed E-state index contributed by atoms with van der Waals surface area (Å²) in [5.74, 6) is 1.02. The van der Waals surface area contributed by atoms with Crippen LogP contribution < -0.4 is 20.7 Å². The van der Waals surface area contributed by atoms with Gasteiger partial charge >= 0.3 is 0 Å². The van der Waals surface area contributed by atoms with Crippen LogP contribution in [0.1, 0.15) is 54.4 Å². The van der Waals surface area contributed by atoms with E-state index in [2.05, 4.69) is 189 Å². The lowest BCUT2D eigenvalue weighted by Crippen LogP contribution is -2.69. The third-order valence-electron chi connectivity index (χ3n) is 9.24. The van der Waals surface area contributed by atoms with Gasteiger partial charge in [-0.3, -0.25) is 0 Å². The lowest BCUT2D eigenvalue weighted by molar-refractivity contribution is 0.0965. The summed E-state index contributed by atoms with van der Waals surface area (Å²) in [6.45, 7) is 20.9. The first-order valence-corrected chi connectivity index (χ1v) is 24.4. The van der Waals surface area contributed by atoms with E-state index in [0.717, 1.165) is 18.6 Å². The molecule has 0 aliphatic heterocycles. The SMILES string of the molecule is CC(C)(C)[Si](O[C@@H]1CC(O[Si](C)(C)C)=C[C@H](O[Si](c2ccccc2)(c2ccccc2)C(C)(C)C)C1)(c1ccccc1)c1ccccc1. The molecule has 0 aromatic heterocycles. The number of hydrogen-bond donors (Lipinski definition) is 0. The topological polar surface area (TPSA) is 27.7 Å². The molecule has 0 saturated carbocycles. The molecule has 3 nitrogen and oxygen atoms in total. The molecule has 47 heavy (non-hydrogen) atoms. The molecule has 4 aromatic rings. The second kappa shape index (κ2) is 13.8. The van der Waals surface area contributed by atoms with Gasteiger partial charge in [0.05, 0.1) is 18.0 Å². The zero-order valence-electron chi connectivity index (χ0n) is 29.9. The van der Waals surface area contributed by atoms with Crippen LogP contribution in [-0.4, -0.2) is 37.2 Å². The van der Waals surface area contributed by atoms with E-state index in [1.807, 2.05) is 0 Å². The first-order valence-electron chi connectivity index (χ1n) is 17.1. The van der Waals surface area contributed by atoms with E-state index in [-0.39, 0.29) is 22.3 Å². The molecule has 6 heteroatoms. The molecule has 0 bridgehead atoms. The first kappa shape index (κ1) is 35.3. The number of rotatable bonds is 10. The van der Waals surface area contributed by atoms with Gasteiger partial charge in [-0.2, -0.15) is 0 Å². The van der Waals surface area contributed by atoms with Crippen molar-refractivity contribution in [3.05, 3.63) is 133 Å². The van der Waals surface area contributed by atoms with E-state index < -0.39 is 25.0 Å². The zero-order chi connectivity index (χ0) is 33.9. The molecule has 248 valence electrons. The highest BCUT2D eigenvalue weighted by molar-refractivity contribution is 7.00. The van der Waals surface area contributed by atoms with Crippen LogP contribution in [0.2, 0.25) is 29.7 Å². The van der Waals surface area contributed by atoms with E-state index in [0.29, 0.717) is 0 Å². The van der Waals surface area contributed by atoms with Gasteiger partial charge in [0, 0.05) is 12.8 Å². The van der Waals surface area contributed by atoms with E-state index in [4.69, 9.17) is 13.3 Å². The summed E-state index contributed by atoms with van der Waals surface area (Å²) in [7, 11) is -7.51. The second-order valence-corrected chi connectivity index (χ2v) is 28.9. The lowest BCUT2D eigenvalue weighted by Gasteiger charge is -2.48. The third kappa shape index (κ3) is 7.52. The van der Waals surface area contributed by atoms with Crippen molar-refractivity contribution in [3.63, 3.8) is 0 Å². The first-order chi connectivity index (χ1) is 22.2. The molecular formula is C41H54O3Si3. The second-order valence-electron chi connectivity index (χ2n) is 16.0. The molecule has 2 atom stereocenters. The van der Waals surface area contributed by atoms with Crippen LogP contribution in [0.3, 0.4) is 0 Å². The third-order valence-corrected chi connectivity index (χ3v) is 20.3. The van der Waals surface area contributed by atoms with Crippen LogP contribution in [0.15, 0.2) is 133 Å². The van der Waals surface area contributed by atoms with Crippen LogP contribution in [0.4, 0.5) is 0 Å². The fraction of sp³-hybridized carbons (Fsp3) is 0.366. The van der Waals surface area contributed by atoms with Crippen molar-refractivity contribution >= 4 is 45.7 Å². The maximum atomic E-state index is 7.77. The molecule has 0 unspecified atom stereocenters. The van der Waals surface area contributed by atoms with Crippen molar-refractivity contribution in [2.24, 2.45) is 0 Å². The minimum atomic E-state index is -2.81. The van der Waals surface area contributed by atoms with E-state index >= 15 is 0 Å². The molecule has 4 aromatic carbocycles. The smallest absolute Gasteiger partial charge is 0.261 e. The molecule has 0 radical (unpaired) electrons. The fourth-order valence-corrected chi connectivity index (χ4v) is 17.7. The molecule has 0 heterocycles. The molecule has 0 amide bonds. The van der Waals surface area contributed by atoms with Gasteiger partial charge in [0.2, 0.25) is 8.32 Å². The Morgan fingerprint density at radius 1 is 0.511 bits per heavy atom. The van der Waals surface area contributed by atoms with Crippen molar-refractivity contribution in [3.8, 4) is 0 Å². The quantitative estimate of drug-likeness (QED) is 0.158. The molecular weight excluding hydrogens is 625 g/mol. The molecule has 0 saturated heterocycles. The highest BCUT2D eigenvalue weighted by Gasteiger charge is 2.54. The van der Waals surface area contributed by atoms with Gasteiger partial charge in [0.15, 0.2) is 0 Å². The van der Waals surface area contributed by atoms with Crippen LogP contribution in [-0.2, 0) is 13.3 Å². The Bertz CT molecular complexity index is 1520. The van der Waals surface area contributed by atoms with Gasteiger partial charge in [0.1, 0.15) is 0 Å². The Morgan fingerprint density at radius 3 is 1.17 bits per heavy atom. The largest absolute Gasteiger partial charge is 0.547 e. The summed E-state index contributed by atoms with van der Waals surface area (Å²) in [6.07, 6.45) is 3.58. The van der Waals surface area contributed by atoms with Crippen molar-refractivity contribution < 1.29 is 13.3 Å².